The summed E-state index contributed by atoms with van der Waals surface area (Å²) >= 11 is 0. The fraction of sp³-hybridized carbons (Fsp3) is 0.368. The molecule has 22 heavy (non-hydrogen) atoms. The van der Waals surface area contributed by atoms with Gasteiger partial charge in [0.15, 0.2) is 0 Å². The van der Waals surface area contributed by atoms with Crippen LogP contribution in [0.3, 0.4) is 0 Å². The lowest BCUT2D eigenvalue weighted by Gasteiger charge is -2.20. The number of benzene rings is 2. The Morgan fingerprint density at radius 1 is 0.955 bits per heavy atom. The Kier molecular flexibility index (Phi) is 6.92. The minimum absolute atomic E-state index is 0. The second-order valence-electron chi connectivity index (χ2n) is 6.53. The van der Waals surface area contributed by atoms with Crippen molar-refractivity contribution in [3.63, 3.8) is 0 Å². The van der Waals surface area contributed by atoms with Crippen molar-refractivity contribution in [1.29, 1.82) is 0 Å². The van der Waals surface area contributed by atoms with E-state index in [4.69, 9.17) is 4.74 Å². The first-order valence-electron chi connectivity index (χ1n) is 7.45. The maximum atomic E-state index is 5.88. The number of rotatable bonds is 5. The summed E-state index contributed by atoms with van der Waals surface area (Å²) in [5, 5.41) is 3.49. The van der Waals surface area contributed by atoms with Gasteiger partial charge in [-0.25, -0.2) is 0 Å². The number of aryl methyl sites for hydroxylation is 1. The van der Waals surface area contributed by atoms with Gasteiger partial charge in [-0.15, -0.1) is 12.4 Å². The summed E-state index contributed by atoms with van der Waals surface area (Å²) in [6.07, 6.45) is 0. The van der Waals surface area contributed by atoms with Gasteiger partial charge in [0.1, 0.15) is 12.4 Å². The summed E-state index contributed by atoms with van der Waals surface area (Å²) in [4.78, 5) is 0. The van der Waals surface area contributed by atoms with Crippen molar-refractivity contribution in [2.45, 2.75) is 46.4 Å². The van der Waals surface area contributed by atoms with E-state index < -0.39 is 0 Å². The largest absolute Gasteiger partial charge is 0.489 e. The molecule has 0 aliphatic heterocycles. The molecule has 2 aromatic rings. The van der Waals surface area contributed by atoms with E-state index in [1.807, 2.05) is 12.1 Å². The third kappa shape index (κ3) is 6.50. The minimum atomic E-state index is 0. The van der Waals surface area contributed by atoms with E-state index in [1.165, 1.54) is 16.7 Å². The predicted octanol–water partition coefficient (Wildman–Crippen LogP) is 4.88. The molecule has 0 fully saturated rings. The quantitative estimate of drug-likeness (QED) is 0.847. The van der Waals surface area contributed by atoms with Crippen molar-refractivity contribution in [2.24, 2.45) is 0 Å². The third-order valence-electron chi connectivity index (χ3n) is 3.25. The van der Waals surface area contributed by atoms with Gasteiger partial charge in [-0.2, -0.15) is 0 Å². The van der Waals surface area contributed by atoms with Gasteiger partial charge in [0, 0.05) is 12.1 Å². The highest BCUT2D eigenvalue weighted by atomic mass is 35.5. The second-order valence-corrected chi connectivity index (χ2v) is 6.53. The fourth-order valence-electron chi connectivity index (χ4n) is 1.96. The molecule has 0 aliphatic carbocycles. The first-order chi connectivity index (χ1) is 9.92. The highest BCUT2D eigenvalue weighted by molar-refractivity contribution is 5.85. The van der Waals surface area contributed by atoms with E-state index in [1.54, 1.807) is 0 Å². The number of ether oxygens (including phenoxy) is 1. The number of nitrogens with one attached hydrogen (secondary N) is 1. The third-order valence-corrected chi connectivity index (χ3v) is 3.25. The first kappa shape index (κ1) is 18.5. The van der Waals surface area contributed by atoms with Gasteiger partial charge in [0.2, 0.25) is 0 Å². The lowest BCUT2D eigenvalue weighted by atomic mass is 10.1. The van der Waals surface area contributed by atoms with Crippen molar-refractivity contribution < 1.29 is 4.74 Å². The van der Waals surface area contributed by atoms with Gasteiger partial charge in [0.05, 0.1) is 0 Å². The standard InChI is InChI=1S/C19H25NO.ClH/c1-15-8-10-16(11-9-15)14-21-18-7-5-6-17(12-18)13-20-19(2,3)4;/h5-12,20H,13-14H2,1-4H3;1H. The highest BCUT2D eigenvalue weighted by Crippen LogP contribution is 2.16. The molecule has 0 atom stereocenters. The lowest BCUT2D eigenvalue weighted by Crippen LogP contribution is -2.35. The normalized spacial score (nSPS) is 10.9. The summed E-state index contributed by atoms with van der Waals surface area (Å²) in [7, 11) is 0. The molecule has 120 valence electrons. The van der Waals surface area contributed by atoms with Crippen molar-refractivity contribution in [3.8, 4) is 5.75 Å². The first-order valence-corrected chi connectivity index (χ1v) is 7.45. The van der Waals surface area contributed by atoms with Crippen molar-refractivity contribution >= 4 is 12.4 Å². The van der Waals surface area contributed by atoms with E-state index in [-0.39, 0.29) is 17.9 Å². The molecule has 0 radical (unpaired) electrons. The van der Waals surface area contributed by atoms with E-state index in [9.17, 15) is 0 Å². The van der Waals surface area contributed by atoms with Crippen LogP contribution in [-0.4, -0.2) is 5.54 Å². The molecule has 2 rings (SSSR count). The van der Waals surface area contributed by atoms with Gasteiger partial charge in [-0.3, -0.25) is 0 Å². The van der Waals surface area contributed by atoms with Crippen LogP contribution in [0.5, 0.6) is 5.75 Å². The van der Waals surface area contributed by atoms with E-state index in [0.29, 0.717) is 6.61 Å². The zero-order valence-corrected chi connectivity index (χ0v) is 14.7. The summed E-state index contributed by atoms with van der Waals surface area (Å²) in [5.74, 6) is 0.920. The molecule has 0 spiro atoms. The zero-order valence-electron chi connectivity index (χ0n) is 13.8. The zero-order chi connectivity index (χ0) is 15.3. The van der Waals surface area contributed by atoms with Crippen molar-refractivity contribution in [3.05, 3.63) is 65.2 Å². The van der Waals surface area contributed by atoms with Crippen LogP contribution in [0.4, 0.5) is 0 Å². The summed E-state index contributed by atoms with van der Waals surface area (Å²) in [6.45, 7) is 10.1. The maximum absolute atomic E-state index is 5.88. The minimum Gasteiger partial charge on any atom is -0.489 e. The van der Waals surface area contributed by atoms with Gasteiger partial charge < -0.3 is 10.1 Å². The van der Waals surface area contributed by atoms with Crippen molar-refractivity contribution in [1.82, 2.24) is 5.32 Å². The molecular weight excluding hydrogens is 294 g/mol. The molecule has 0 unspecified atom stereocenters. The van der Waals surface area contributed by atoms with Crippen LogP contribution in [0.2, 0.25) is 0 Å². The molecular formula is C19H26ClNO. The average Bonchev–Trinajstić information content (AvgIpc) is 2.44. The Hall–Kier alpha value is -1.51. The predicted molar refractivity (Wildman–Crippen MR) is 95.8 cm³/mol. The molecule has 0 amide bonds. The molecule has 0 saturated heterocycles. The van der Waals surface area contributed by atoms with E-state index >= 15 is 0 Å². The maximum Gasteiger partial charge on any atom is 0.120 e. The molecule has 0 aromatic heterocycles. The smallest absolute Gasteiger partial charge is 0.120 e. The topological polar surface area (TPSA) is 21.3 Å². The summed E-state index contributed by atoms with van der Waals surface area (Å²) in [5.41, 5.74) is 3.83. The Labute approximate surface area is 140 Å². The lowest BCUT2D eigenvalue weighted by molar-refractivity contribution is 0.305. The van der Waals surface area contributed by atoms with Crippen LogP contribution < -0.4 is 10.1 Å². The molecule has 1 N–H and O–H groups in total. The van der Waals surface area contributed by atoms with Crippen LogP contribution in [0.25, 0.3) is 0 Å². The fourth-order valence-corrected chi connectivity index (χ4v) is 1.96. The average molecular weight is 320 g/mol. The molecule has 0 aliphatic rings. The molecule has 0 bridgehead atoms. The van der Waals surface area contributed by atoms with Crippen LogP contribution in [0.1, 0.15) is 37.5 Å². The van der Waals surface area contributed by atoms with Crippen LogP contribution in [-0.2, 0) is 13.2 Å². The van der Waals surface area contributed by atoms with Gasteiger partial charge in [0.25, 0.3) is 0 Å². The number of halogens is 1. The molecule has 2 aromatic carbocycles. The Morgan fingerprint density at radius 3 is 2.27 bits per heavy atom. The van der Waals surface area contributed by atoms with E-state index in [2.05, 4.69) is 69.4 Å². The number of hydrogen-bond acceptors (Lipinski definition) is 2. The molecule has 0 saturated carbocycles. The Morgan fingerprint density at radius 2 is 1.64 bits per heavy atom. The Balaban J connectivity index is 0.00000242. The van der Waals surface area contributed by atoms with Crippen LogP contribution in [0, 0.1) is 6.92 Å². The molecule has 3 heteroatoms. The second kappa shape index (κ2) is 8.21. The Bertz CT molecular complexity index is 573. The van der Waals surface area contributed by atoms with Gasteiger partial charge in [-0.1, -0.05) is 42.0 Å². The molecule has 2 nitrogen and oxygen atoms in total. The van der Waals surface area contributed by atoms with Gasteiger partial charge >= 0.3 is 0 Å². The molecule has 0 heterocycles. The van der Waals surface area contributed by atoms with Crippen molar-refractivity contribution in [2.75, 3.05) is 0 Å². The van der Waals surface area contributed by atoms with Gasteiger partial charge in [-0.05, 0) is 51.0 Å². The van der Waals surface area contributed by atoms with Crippen LogP contribution >= 0.6 is 12.4 Å². The summed E-state index contributed by atoms with van der Waals surface area (Å²) in [6, 6.07) is 16.7. The number of hydrogen-bond donors (Lipinski definition) is 1. The van der Waals surface area contributed by atoms with E-state index in [0.717, 1.165) is 12.3 Å². The SMILES string of the molecule is Cc1ccc(COc2cccc(CNC(C)(C)C)c2)cc1.Cl. The summed E-state index contributed by atoms with van der Waals surface area (Å²) < 4.78 is 5.88. The van der Waals surface area contributed by atoms with Crippen LogP contribution in [0.15, 0.2) is 48.5 Å². The highest BCUT2D eigenvalue weighted by Gasteiger charge is 2.08. The monoisotopic (exact) mass is 319 g/mol.